The van der Waals surface area contributed by atoms with E-state index in [2.05, 4.69) is 6.07 Å². The van der Waals surface area contributed by atoms with Gasteiger partial charge in [-0.05, 0) is 50.6 Å². The van der Waals surface area contributed by atoms with Gasteiger partial charge in [0.1, 0.15) is 17.2 Å². The highest BCUT2D eigenvalue weighted by molar-refractivity contribution is 5.65. The van der Waals surface area contributed by atoms with E-state index in [0.29, 0.717) is 11.1 Å². The highest BCUT2D eigenvalue weighted by atomic mass is 19.1. The summed E-state index contributed by atoms with van der Waals surface area (Å²) in [6.07, 6.45) is 0. The van der Waals surface area contributed by atoms with E-state index in [9.17, 15) is 4.39 Å². The van der Waals surface area contributed by atoms with Gasteiger partial charge in [0.25, 0.3) is 0 Å². The van der Waals surface area contributed by atoms with Crippen LogP contribution >= 0.6 is 0 Å². The number of rotatable bonds is 2. The Kier molecular flexibility index (Phi) is 3.37. The van der Waals surface area contributed by atoms with Gasteiger partial charge in [0.15, 0.2) is 0 Å². The van der Waals surface area contributed by atoms with Crippen molar-refractivity contribution in [3.63, 3.8) is 0 Å². The highest BCUT2D eigenvalue weighted by Gasteiger charge is 2.12. The molecule has 2 aromatic carbocycles. The summed E-state index contributed by atoms with van der Waals surface area (Å²) in [5, 5.41) is 0. The zero-order chi connectivity index (χ0) is 13.2. The maximum atomic E-state index is 13.7. The molecule has 0 spiro atoms. The molecule has 0 heterocycles. The van der Waals surface area contributed by atoms with E-state index in [1.807, 2.05) is 39.0 Å². The van der Waals surface area contributed by atoms with Crippen LogP contribution in [0.1, 0.15) is 20.8 Å². The second kappa shape index (κ2) is 4.81. The van der Waals surface area contributed by atoms with E-state index in [1.54, 1.807) is 18.2 Å². The van der Waals surface area contributed by atoms with E-state index < -0.39 is 0 Å². The molecule has 93 valence electrons. The van der Waals surface area contributed by atoms with Crippen LogP contribution < -0.4 is 4.74 Å². The second-order valence-corrected chi connectivity index (χ2v) is 5.13. The standard InChI is InChI=1S/C16H16FO/c1-16(2,3)18-13-8-6-7-12(11-13)14-9-4-5-10-15(14)17/h4-6,8-11H,1-3H3. The monoisotopic (exact) mass is 243 g/mol. The Labute approximate surface area is 107 Å². The first kappa shape index (κ1) is 12.6. The molecule has 1 nitrogen and oxygen atoms in total. The third-order valence-electron chi connectivity index (χ3n) is 2.36. The molecule has 0 atom stereocenters. The van der Waals surface area contributed by atoms with E-state index >= 15 is 0 Å². The summed E-state index contributed by atoms with van der Waals surface area (Å²) in [6.45, 7) is 5.94. The molecule has 0 aliphatic rings. The zero-order valence-corrected chi connectivity index (χ0v) is 10.8. The van der Waals surface area contributed by atoms with Gasteiger partial charge in [-0.25, -0.2) is 4.39 Å². The molecule has 1 radical (unpaired) electrons. The smallest absolute Gasteiger partial charge is 0.131 e. The lowest BCUT2D eigenvalue weighted by molar-refractivity contribution is 0.131. The molecule has 0 bridgehead atoms. The topological polar surface area (TPSA) is 9.23 Å². The first-order valence-electron chi connectivity index (χ1n) is 5.91. The molecule has 0 aliphatic carbocycles. The maximum Gasteiger partial charge on any atom is 0.131 e. The zero-order valence-electron chi connectivity index (χ0n) is 10.8. The van der Waals surface area contributed by atoms with E-state index in [4.69, 9.17) is 4.74 Å². The van der Waals surface area contributed by atoms with Crippen molar-refractivity contribution < 1.29 is 9.13 Å². The molecular weight excluding hydrogens is 227 g/mol. The minimum atomic E-state index is -0.270. The van der Waals surface area contributed by atoms with E-state index in [-0.39, 0.29) is 11.4 Å². The van der Waals surface area contributed by atoms with Crippen LogP contribution in [0, 0.1) is 11.9 Å². The molecule has 2 heteroatoms. The Balaban J connectivity index is 2.36. The minimum Gasteiger partial charge on any atom is -0.488 e. The Hall–Kier alpha value is -1.83. The van der Waals surface area contributed by atoms with Crippen LogP contribution in [0.25, 0.3) is 11.1 Å². The van der Waals surface area contributed by atoms with Gasteiger partial charge in [-0.15, -0.1) is 0 Å². The predicted molar refractivity (Wildman–Crippen MR) is 71.1 cm³/mol. The molecule has 0 unspecified atom stereocenters. The van der Waals surface area contributed by atoms with Crippen molar-refractivity contribution in [2.24, 2.45) is 0 Å². The van der Waals surface area contributed by atoms with E-state index in [0.717, 1.165) is 5.75 Å². The van der Waals surface area contributed by atoms with Crippen molar-refractivity contribution in [3.8, 4) is 16.9 Å². The SMILES string of the molecule is CC(C)(C)Oc1cc[c]c(-c2ccccc2F)c1. The lowest BCUT2D eigenvalue weighted by Gasteiger charge is -2.21. The van der Waals surface area contributed by atoms with Gasteiger partial charge in [-0.1, -0.05) is 24.3 Å². The summed E-state index contributed by atoms with van der Waals surface area (Å²) in [7, 11) is 0. The Morgan fingerprint density at radius 2 is 1.83 bits per heavy atom. The van der Waals surface area contributed by atoms with Crippen molar-refractivity contribution in [3.05, 3.63) is 54.3 Å². The van der Waals surface area contributed by atoms with Crippen LogP contribution in [-0.2, 0) is 0 Å². The Bertz CT molecular complexity index is 541. The van der Waals surface area contributed by atoms with Gasteiger partial charge < -0.3 is 4.74 Å². The summed E-state index contributed by atoms with van der Waals surface area (Å²) in [6, 6.07) is 15.1. The normalized spacial score (nSPS) is 11.3. The first-order valence-corrected chi connectivity index (χ1v) is 5.91. The molecule has 2 rings (SSSR count). The van der Waals surface area contributed by atoms with Crippen LogP contribution in [0.4, 0.5) is 4.39 Å². The molecule has 0 amide bonds. The predicted octanol–water partition coefficient (Wildman–Crippen LogP) is 4.47. The largest absolute Gasteiger partial charge is 0.488 e. The third-order valence-corrected chi connectivity index (χ3v) is 2.36. The van der Waals surface area contributed by atoms with Gasteiger partial charge in [0.2, 0.25) is 0 Å². The molecule has 0 N–H and O–H groups in total. The minimum absolute atomic E-state index is 0.248. The van der Waals surface area contributed by atoms with Crippen molar-refractivity contribution in [2.45, 2.75) is 26.4 Å². The summed E-state index contributed by atoms with van der Waals surface area (Å²) in [5.41, 5.74) is 0.972. The summed E-state index contributed by atoms with van der Waals surface area (Å²) in [4.78, 5) is 0. The second-order valence-electron chi connectivity index (χ2n) is 5.13. The average molecular weight is 243 g/mol. The summed E-state index contributed by atoms with van der Waals surface area (Å²) < 4.78 is 19.4. The molecular formula is C16H16FO. The van der Waals surface area contributed by atoms with Crippen LogP contribution in [0.5, 0.6) is 5.75 Å². The van der Waals surface area contributed by atoms with Crippen molar-refractivity contribution >= 4 is 0 Å². The Morgan fingerprint density at radius 3 is 2.50 bits per heavy atom. The maximum absolute atomic E-state index is 13.7. The van der Waals surface area contributed by atoms with Gasteiger partial charge in [-0.3, -0.25) is 0 Å². The summed E-state index contributed by atoms with van der Waals surface area (Å²) in [5.74, 6) is 0.473. The number of hydrogen-bond acceptors (Lipinski definition) is 1. The Morgan fingerprint density at radius 1 is 1.11 bits per heavy atom. The fourth-order valence-corrected chi connectivity index (χ4v) is 1.70. The van der Waals surface area contributed by atoms with E-state index in [1.165, 1.54) is 6.07 Å². The highest BCUT2D eigenvalue weighted by Crippen LogP contribution is 2.27. The average Bonchev–Trinajstić information content (AvgIpc) is 2.27. The molecule has 0 saturated heterocycles. The van der Waals surface area contributed by atoms with Gasteiger partial charge in [0.05, 0.1) is 0 Å². The quantitative estimate of drug-likeness (QED) is 0.756. The van der Waals surface area contributed by atoms with Crippen LogP contribution in [0.3, 0.4) is 0 Å². The fourth-order valence-electron chi connectivity index (χ4n) is 1.70. The molecule has 0 fully saturated rings. The molecule has 0 aliphatic heterocycles. The summed E-state index contributed by atoms with van der Waals surface area (Å²) >= 11 is 0. The first-order chi connectivity index (χ1) is 8.46. The number of benzene rings is 2. The van der Waals surface area contributed by atoms with Gasteiger partial charge in [0, 0.05) is 5.56 Å². The van der Waals surface area contributed by atoms with Gasteiger partial charge in [-0.2, -0.15) is 0 Å². The number of hydrogen-bond donors (Lipinski definition) is 0. The van der Waals surface area contributed by atoms with Crippen LogP contribution in [0.2, 0.25) is 0 Å². The fraction of sp³-hybridized carbons (Fsp3) is 0.250. The number of halogens is 1. The lowest BCUT2D eigenvalue weighted by atomic mass is 10.0. The van der Waals surface area contributed by atoms with Gasteiger partial charge >= 0.3 is 0 Å². The lowest BCUT2D eigenvalue weighted by Crippen LogP contribution is -2.22. The molecule has 2 aromatic rings. The third kappa shape index (κ3) is 3.10. The van der Waals surface area contributed by atoms with Crippen molar-refractivity contribution in [1.82, 2.24) is 0 Å². The van der Waals surface area contributed by atoms with Crippen molar-refractivity contribution in [1.29, 1.82) is 0 Å². The molecule has 18 heavy (non-hydrogen) atoms. The van der Waals surface area contributed by atoms with Crippen LogP contribution in [0.15, 0.2) is 42.5 Å². The molecule has 0 aromatic heterocycles. The number of ether oxygens (including phenoxy) is 1. The van der Waals surface area contributed by atoms with Crippen molar-refractivity contribution in [2.75, 3.05) is 0 Å². The molecule has 0 saturated carbocycles. The van der Waals surface area contributed by atoms with Crippen LogP contribution in [-0.4, -0.2) is 5.60 Å².